The third-order valence-corrected chi connectivity index (χ3v) is 15.5. The van der Waals surface area contributed by atoms with Gasteiger partial charge < -0.3 is 48.4 Å². The van der Waals surface area contributed by atoms with E-state index in [0.29, 0.717) is 153 Å². The summed E-state index contributed by atoms with van der Waals surface area (Å²) in [4.78, 5) is 75.5. The number of aromatic nitrogens is 1. The lowest BCUT2D eigenvalue weighted by Gasteiger charge is -2.35. The van der Waals surface area contributed by atoms with Crippen molar-refractivity contribution < 1.29 is 47.6 Å². The Labute approximate surface area is 444 Å². The van der Waals surface area contributed by atoms with E-state index in [1.54, 1.807) is 36.0 Å². The number of hydrogen-bond donors (Lipinski definition) is 1. The number of nitrogens with zero attached hydrogens (tertiary/aromatic N) is 7. The highest BCUT2D eigenvalue weighted by Gasteiger charge is 2.36. The lowest BCUT2D eigenvalue weighted by molar-refractivity contribution is -0.133. The predicted octanol–water partition coefficient (Wildman–Crippen LogP) is 7.37. The molecular formula is C56H72N8O10S. The lowest BCUT2D eigenvalue weighted by atomic mass is 10.1. The first kappa shape index (κ1) is 54.8. The predicted molar refractivity (Wildman–Crippen MR) is 290 cm³/mol. The average molecular weight is 1050 g/mol. The second kappa shape index (κ2) is 25.4. The number of rotatable bonds is 23. The largest absolute Gasteiger partial charge is 0.493 e. The molecule has 2 aromatic carbocycles. The molecule has 0 radical (unpaired) electrons. The molecule has 1 N–H and O–H groups in total. The molecule has 5 aliphatic heterocycles. The molecule has 75 heavy (non-hydrogen) atoms. The van der Waals surface area contributed by atoms with E-state index in [1.165, 1.54) is 25.4 Å². The molecule has 3 fully saturated rings. The van der Waals surface area contributed by atoms with Gasteiger partial charge in [-0.3, -0.25) is 39.0 Å². The highest BCUT2D eigenvalue weighted by Crippen LogP contribution is 2.41. The van der Waals surface area contributed by atoms with Crippen LogP contribution in [0.25, 0.3) is 0 Å². The topological polar surface area (TPSA) is 186 Å². The average Bonchev–Trinajstić information content (AvgIpc) is 3.99. The maximum atomic E-state index is 13.8. The zero-order valence-electron chi connectivity index (χ0n) is 44.5. The quantitative estimate of drug-likeness (QED) is 0.0734. The number of fused-ring (bicyclic) bond motifs is 4. The highest BCUT2D eigenvalue weighted by atomic mass is 32.2. The van der Waals surface area contributed by atoms with E-state index in [2.05, 4.69) is 43.1 Å². The molecule has 0 unspecified atom stereocenters. The van der Waals surface area contributed by atoms with Crippen molar-refractivity contribution in [3.8, 4) is 28.7 Å². The molecule has 0 aliphatic carbocycles. The maximum absolute atomic E-state index is 13.8. The Morgan fingerprint density at radius 2 is 1.31 bits per heavy atom. The van der Waals surface area contributed by atoms with Crippen LogP contribution in [0.4, 0.5) is 11.4 Å². The Morgan fingerprint density at radius 1 is 0.747 bits per heavy atom. The zero-order valence-corrected chi connectivity index (χ0v) is 45.3. The highest BCUT2D eigenvalue weighted by molar-refractivity contribution is 8.01. The first-order chi connectivity index (χ1) is 36.3. The smallest absolute Gasteiger partial charge is 0.257 e. The number of nitrogens with one attached hydrogen (secondary N) is 1. The second-order valence-corrected chi connectivity index (χ2v) is 21.5. The van der Waals surface area contributed by atoms with Gasteiger partial charge >= 0.3 is 0 Å². The molecule has 0 spiro atoms. The van der Waals surface area contributed by atoms with Gasteiger partial charge in [0.15, 0.2) is 23.0 Å². The van der Waals surface area contributed by atoms with Gasteiger partial charge in [-0.25, -0.2) is 0 Å². The van der Waals surface area contributed by atoms with Gasteiger partial charge in [-0.05, 0) is 51.7 Å². The third-order valence-electron chi connectivity index (χ3n) is 14.1. The SMILES string of the molecule is CC=C1C[C@H]2C=Nc3cc(OCc4cc(OCCN5CCN(C(=O)CCC(C)(C)SCC(=O)NCCOCCC)CC5)cc(COc5cc6c(cc5OC)C(=O)N5CC(=CC)C[C@H]5C=N6)n4)c(OC)cc3C(=O)N2C1. The first-order valence-electron chi connectivity index (χ1n) is 26.1. The van der Waals surface area contributed by atoms with Crippen molar-refractivity contribution in [1.82, 2.24) is 29.9 Å². The first-order valence-corrected chi connectivity index (χ1v) is 27.1. The molecule has 1 aromatic heterocycles. The van der Waals surface area contributed by atoms with E-state index < -0.39 is 0 Å². The number of benzene rings is 2. The summed E-state index contributed by atoms with van der Waals surface area (Å²) in [6, 6.07) is 10.3. The van der Waals surface area contributed by atoms with Crippen LogP contribution in [0.2, 0.25) is 0 Å². The molecule has 18 nitrogen and oxygen atoms in total. The van der Waals surface area contributed by atoms with Crippen LogP contribution >= 0.6 is 11.8 Å². The normalized spacial score (nSPS) is 19.4. The minimum atomic E-state index is -0.228. The Morgan fingerprint density at radius 3 is 1.83 bits per heavy atom. The number of ether oxygens (including phenoxy) is 6. The van der Waals surface area contributed by atoms with Crippen LogP contribution in [0.1, 0.15) is 98.8 Å². The number of hydrogen-bond acceptors (Lipinski definition) is 15. The summed E-state index contributed by atoms with van der Waals surface area (Å²) in [6.07, 6.45) is 11.3. The summed E-state index contributed by atoms with van der Waals surface area (Å²) >= 11 is 1.57. The van der Waals surface area contributed by atoms with E-state index in [4.69, 9.17) is 43.4 Å². The monoisotopic (exact) mass is 1050 g/mol. The number of pyridine rings is 1. The third kappa shape index (κ3) is 13.9. The summed E-state index contributed by atoms with van der Waals surface area (Å²) in [6.45, 7) is 16.7. The van der Waals surface area contributed by atoms with Crippen molar-refractivity contribution >= 4 is 59.2 Å². The second-order valence-electron chi connectivity index (χ2n) is 19.8. The maximum Gasteiger partial charge on any atom is 0.257 e. The summed E-state index contributed by atoms with van der Waals surface area (Å²) in [5, 5.41) is 2.90. The van der Waals surface area contributed by atoms with Gasteiger partial charge in [0.25, 0.3) is 11.8 Å². The fourth-order valence-corrected chi connectivity index (χ4v) is 10.5. The number of allylic oxidation sites excluding steroid dienone is 2. The van der Waals surface area contributed by atoms with Gasteiger partial charge in [0, 0.05) is 107 Å². The van der Waals surface area contributed by atoms with Crippen LogP contribution in [-0.4, -0.2) is 170 Å². The minimum Gasteiger partial charge on any atom is -0.493 e. The van der Waals surface area contributed by atoms with E-state index in [1.807, 2.05) is 53.1 Å². The van der Waals surface area contributed by atoms with Crippen LogP contribution < -0.4 is 29.0 Å². The van der Waals surface area contributed by atoms with Crippen molar-refractivity contribution in [1.29, 1.82) is 0 Å². The molecule has 6 heterocycles. The fraction of sp³-hybridized carbons (Fsp3) is 0.518. The van der Waals surface area contributed by atoms with Crippen molar-refractivity contribution in [2.75, 3.05) is 92.2 Å². The number of methoxy groups -OCH3 is 2. The molecule has 4 amide bonds. The zero-order chi connectivity index (χ0) is 53.1. The number of aliphatic imine (C=N–C) groups is 2. The Bertz CT molecular complexity index is 2560. The van der Waals surface area contributed by atoms with Gasteiger partial charge in [0.1, 0.15) is 25.6 Å². The molecule has 19 heteroatoms. The van der Waals surface area contributed by atoms with Crippen LogP contribution in [0.3, 0.4) is 0 Å². The Hall–Kier alpha value is -6.44. The lowest BCUT2D eigenvalue weighted by Crippen LogP contribution is -2.49. The molecule has 8 rings (SSSR count). The number of carbonyl (C=O) groups is 4. The van der Waals surface area contributed by atoms with Gasteiger partial charge in [0.05, 0.1) is 72.6 Å². The Kier molecular flexibility index (Phi) is 18.6. The summed E-state index contributed by atoms with van der Waals surface area (Å²) in [7, 11) is 3.08. The molecule has 3 aromatic rings. The number of carbonyl (C=O) groups excluding carboxylic acids is 4. The van der Waals surface area contributed by atoms with E-state index in [-0.39, 0.29) is 53.7 Å². The molecule has 3 saturated heterocycles. The molecule has 5 aliphatic rings. The molecule has 0 saturated carbocycles. The Balaban J connectivity index is 0.909. The standard InChI is InChI=1S/C56H72N8O10S/c1-8-19-71-20-13-57-52(65)36-75-56(4,5)12-11-53(66)62-16-14-61(15-17-62)18-21-72-43-24-39(34-73-50-28-46-44(26-48(50)69-6)54(67)63-32-37(9-2)22-41(63)30-58-46)60-40(25-43)35-74-51-29-47-45(27-49(51)70-7)55(68)64-33-38(10-3)23-42(64)31-59-47/h9-10,24-31,41-42H,8,11-23,32-36H2,1-7H3,(H,57,65)/t41-,42-/m0/s1. The van der Waals surface area contributed by atoms with Gasteiger partial charge in [-0.15, -0.1) is 11.8 Å². The molecule has 0 bridgehead atoms. The van der Waals surface area contributed by atoms with Crippen LogP contribution in [0.5, 0.6) is 28.7 Å². The van der Waals surface area contributed by atoms with E-state index in [9.17, 15) is 19.2 Å². The van der Waals surface area contributed by atoms with Gasteiger partial charge in [-0.1, -0.05) is 44.1 Å². The number of thioether (sulfide) groups is 1. The van der Waals surface area contributed by atoms with E-state index >= 15 is 0 Å². The minimum absolute atomic E-state index is 0.0253. The summed E-state index contributed by atoms with van der Waals surface area (Å²) in [5.41, 5.74) is 5.39. The molecule has 2 atom stereocenters. The molecule has 402 valence electrons. The van der Waals surface area contributed by atoms with Crippen LogP contribution in [0.15, 0.2) is 69.7 Å². The van der Waals surface area contributed by atoms with Crippen molar-refractivity contribution in [2.24, 2.45) is 9.98 Å². The summed E-state index contributed by atoms with van der Waals surface area (Å²) in [5.74, 6) is 2.37. The van der Waals surface area contributed by atoms with Gasteiger partial charge in [-0.2, -0.15) is 0 Å². The van der Waals surface area contributed by atoms with Crippen molar-refractivity contribution in [3.05, 3.63) is 82.2 Å². The molecular weight excluding hydrogens is 977 g/mol. The van der Waals surface area contributed by atoms with Crippen LogP contribution in [-0.2, 0) is 27.5 Å². The number of amides is 4. The summed E-state index contributed by atoms with van der Waals surface area (Å²) < 4.78 is 36.0. The van der Waals surface area contributed by atoms with Crippen molar-refractivity contribution in [3.63, 3.8) is 0 Å². The fourth-order valence-electron chi connectivity index (χ4n) is 9.66. The number of piperazine rings is 1. The van der Waals surface area contributed by atoms with Gasteiger partial charge in [0.2, 0.25) is 11.8 Å². The van der Waals surface area contributed by atoms with Crippen molar-refractivity contribution in [2.45, 2.75) is 96.8 Å². The van der Waals surface area contributed by atoms with Crippen LogP contribution in [0, 0.1) is 0 Å². The van der Waals surface area contributed by atoms with E-state index in [0.717, 1.165) is 19.3 Å².